The van der Waals surface area contributed by atoms with E-state index in [-0.39, 0.29) is 6.42 Å². The molecule has 82 valence electrons. The van der Waals surface area contributed by atoms with Gasteiger partial charge >= 0.3 is 6.09 Å². The number of carbonyl (C=O) groups excluding carboxylic acids is 2. The van der Waals surface area contributed by atoms with Gasteiger partial charge in [0.05, 0.1) is 0 Å². The van der Waals surface area contributed by atoms with Gasteiger partial charge in [0.2, 0.25) is 0 Å². The van der Waals surface area contributed by atoms with Crippen LogP contribution in [0.2, 0.25) is 0 Å². The third kappa shape index (κ3) is 6.46. The van der Waals surface area contributed by atoms with E-state index >= 15 is 0 Å². The van der Waals surface area contributed by atoms with Crippen LogP contribution in [0.25, 0.3) is 0 Å². The number of nitrogens with one attached hydrogen (secondary N) is 1. The number of amides is 1. The van der Waals surface area contributed by atoms with E-state index in [1.807, 2.05) is 0 Å². The minimum absolute atomic E-state index is 0.270. The van der Waals surface area contributed by atoms with Crippen molar-refractivity contribution < 1.29 is 14.3 Å². The SMILES string of the molecule is CC(C)(CC=O)NC(=O)OC(C)(C)C. The van der Waals surface area contributed by atoms with Crippen molar-refractivity contribution in [2.24, 2.45) is 0 Å². The summed E-state index contributed by atoms with van der Waals surface area (Å²) in [5.74, 6) is 0. The lowest BCUT2D eigenvalue weighted by Crippen LogP contribution is -2.46. The molecular formula is C10H19NO3. The molecule has 0 bridgehead atoms. The highest BCUT2D eigenvalue weighted by Crippen LogP contribution is 2.10. The maximum Gasteiger partial charge on any atom is 0.408 e. The topological polar surface area (TPSA) is 55.4 Å². The van der Waals surface area contributed by atoms with Gasteiger partial charge in [-0.2, -0.15) is 0 Å². The smallest absolute Gasteiger partial charge is 0.408 e. The minimum atomic E-state index is -0.552. The lowest BCUT2D eigenvalue weighted by molar-refractivity contribution is -0.108. The summed E-state index contributed by atoms with van der Waals surface area (Å²) in [5.41, 5.74) is -1.06. The zero-order valence-electron chi connectivity index (χ0n) is 9.51. The van der Waals surface area contributed by atoms with Gasteiger partial charge in [-0.3, -0.25) is 0 Å². The van der Waals surface area contributed by atoms with E-state index in [1.54, 1.807) is 34.6 Å². The summed E-state index contributed by atoms with van der Waals surface area (Å²) < 4.78 is 5.05. The maximum absolute atomic E-state index is 11.3. The Morgan fingerprint density at radius 1 is 1.29 bits per heavy atom. The molecule has 0 aliphatic carbocycles. The average Bonchev–Trinajstić information content (AvgIpc) is 1.78. The fourth-order valence-corrected chi connectivity index (χ4v) is 0.839. The van der Waals surface area contributed by atoms with Crippen molar-refractivity contribution in [3.63, 3.8) is 0 Å². The largest absolute Gasteiger partial charge is 0.444 e. The summed E-state index contributed by atoms with van der Waals surface area (Å²) in [6.45, 7) is 8.91. The fraction of sp³-hybridized carbons (Fsp3) is 0.800. The molecule has 0 aromatic carbocycles. The molecule has 0 aliphatic heterocycles. The van der Waals surface area contributed by atoms with Crippen LogP contribution in [-0.2, 0) is 9.53 Å². The minimum Gasteiger partial charge on any atom is -0.444 e. The number of rotatable bonds is 3. The van der Waals surface area contributed by atoms with Crippen LogP contribution in [0.4, 0.5) is 4.79 Å². The molecule has 0 atom stereocenters. The number of alkyl carbamates (subject to hydrolysis) is 1. The van der Waals surface area contributed by atoms with Crippen LogP contribution in [0.15, 0.2) is 0 Å². The number of hydrogen-bond donors (Lipinski definition) is 1. The summed E-state index contributed by atoms with van der Waals surface area (Å²) in [4.78, 5) is 21.6. The first-order valence-electron chi connectivity index (χ1n) is 4.61. The molecule has 0 aromatic rings. The number of carbonyl (C=O) groups is 2. The van der Waals surface area contributed by atoms with Crippen LogP contribution in [0.3, 0.4) is 0 Å². The summed E-state index contributed by atoms with van der Waals surface area (Å²) >= 11 is 0. The third-order valence-corrected chi connectivity index (χ3v) is 1.43. The molecule has 0 saturated heterocycles. The Morgan fingerprint density at radius 2 is 1.79 bits per heavy atom. The molecule has 0 aromatic heterocycles. The molecule has 0 aliphatic rings. The fourth-order valence-electron chi connectivity index (χ4n) is 0.839. The van der Waals surface area contributed by atoms with Gasteiger partial charge in [0.15, 0.2) is 0 Å². The Labute approximate surface area is 85.0 Å². The van der Waals surface area contributed by atoms with E-state index in [4.69, 9.17) is 4.74 Å². The second-order valence-corrected chi connectivity index (χ2v) is 4.88. The summed E-state index contributed by atoms with van der Waals surface area (Å²) in [6.07, 6.45) is 0.549. The summed E-state index contributed by atoms with van der Waals surface area (Å²) in [7, 11) is 0. The Kier molecular flexibility index (Phi) is 4.10. The van der Waals surface area contributed by atoms with E-state index in [9.17, 15) is 9.59 Å². The van der Waals surface area contributed by atoms with Gasteiger partial charge in [0.25, 0.3) is 0 Å². The van der Waals surface area contributed by atoms with E-state index in [2.05, 4.69) is 5.32 Å². The molecular weight excluding hydrogens is 182 g/mol. The Morgan fingerprint density at radius 3 is 2.14 bits per heavy atom. The predicted octanol–water partition coefficient (Wildman–Crippen LogP) is 1.88. The van der Waals surface area contributed by atoms with Crippen molar-refractivity contribution in [3.05, 3.63) is 0 Å². The van der Waals surface area contributed by atoms with Crippen molar-refractivity contribution in [2.45, 2.75) is 52.2 Å². The molecule has 0 radical (unpaired) electrons. The molecule has 0 heterocycles. The van der Waals surface area contributed by atoms with Gasteiger partial charge in [-0.05, 0) is 34.6 Å². The van der Waals surface area contributed by atoms with Gasteiger partial charge in [-0.15, -0.1) is 0 Å². The van der Waals surface area contributed by atoms with Gasteiger partial charge in [0.1, 0.15) is 11.9 Å². The quantitative estimate of drug-likeness (QED) is 0.709. The van der Waals surface area contributed by atoms with Crippen LogP contribution in [0, 0.1) is 0 Å². The standard InChI is InChI=1S/C10H19NO3/c1-9(2,3)14-8(13)11-10(4,5)6-7-12/h7H,6H2,1-5H3,(H,11,13). The van der Waals surface area contributed by atoms with Crippen molar-refractivity contribution in [3.8, 4) is 0 Å². The molecule has 0 saturated carbocycles. The second-order valence-electron chi connectivity index (χ2n) is 4.88. The molecule has 1 amide bonds. The van der Waals surface area contributed by atoms with E-state index in [0.29, 0.717) is 0 Å². The highest BCUT2D eigenvalue weighted by atomic mass is 16.6. The van der Waals surface area contributed by atoms with Gasteiger partial charge < -0.3 is 14.8 Å². The number of hydrogen-bond acceptors (Lipinski definition) is 3. The number of ether oxygens (including phenoxy) is 1. The molecule has 0 unspecified atom stereocenters. The van der Waals surface area contributed by atoms with Crippen molar-refractivity contribution >= 4 is 12.4 Å². The first-order valence-corrected chi connectivity index (χ1v) is 4.61. The zero-order valence-corrected chi connectivity index (χ0v) is 9.51. The van der Waals surface area contributed by atoms with Crippen molar-refractivity contribution in [1.82, 2.24) is 5.32 Å². The molecule has 0 rings (SSSR count). The summed E-state index contributed by atoms with van der Waals surface area (Å²) in [5, 5.41) is 2.62. The van der Waals surface area contributed by atoms with Crippen LogP contribution in [0.5, 0.6) is 0 Å². The molecule has 0 spiro atoms. The maximum atomic E-state index is 11.3. The Balaban J connectivity index is 4.12. The number of aldehydes is 1. The van der Waals surface area contributed by atoms with Gasteiger partial charge in [-0.1, -0.05) is 0 Å². The summed E-state index contributed by atoms with van der Waals surface area (Å²) in [6, 6.07) is 0. The second kappa shape index (κ2) is 4.44. The normalized spacial score (nSPS) is 12.1. The predicted molar refractivity (Wildman–Crippen MR) is 54.1 cm³/mol. The lowest BCUT2D eigenvalue weighted by Gasteiger charge is -2.26. The van der Waals surface area contributed by atoms with E-state index in [0.717, 1.165) is 6.29 Å². The first kappa shape index (κ1) is 12.9. The molecule has 4 heteroatoms. The van der Waals surface area contributed by atoms with Crippen molar-refractivity contribution in [1.29, 1.82) is 0 Å². The third-order valence-electron chi connectivity index (χ3n) is 1.43. The molecule has 1 N–H and O–H groups in total. The monoisotopic (exact) mass is 201 g/mol. The van der Waals surface area contributed by atoms with Crippen LogP contribution < -0.4 is 5.32 Å². The van der Waals surface area contributed by atoms with Crippen LogP contribution >= 0.6 is 0 Å². The average molecular weight is 201 g/mol. The van der Waals surface area contributed by atoms with Crippen LogP contribution in [-0.4, -0.2) is 23.5 Å². The van der Waals surface area contributed by atoms with Gasteiger partial charge in [-0.25, -0.2) is 4.79 Å². The van der Waals surface area contributed by atoms with Gasteiger partial charge in [0, 0.05) is 12.0 Å². The zero-order chi connectivity index (χ0) is 11.4. The lowest BCUT2D eigenvalue weighted by atomic mass is 10.0. The van der Waals surface area contributed by atoms with Crippen LogP contribution in [0.1, 0.15) is 41.0 Å². The first-order chi connectivity index (χ1) is 6.16. The Hall–Kier alpha value is -1.06. The van der Waals surface area contributed by atoms with E-state index in [1.165, 1.54) is 0 Å². The molecule has 0 fully saturated rings. The highest BCUT2D eigenvalue weighted by molar-refractivity contribution is 5.69. The van der Waals surface area contributed by atoms with E-state index < -0.39 is 17.2 Å². The highest BCUT2D eigenvalue weighted by Gasteiger charge is 2.23. The Bertz CT molecular complexity index is 216. The van der Waals surface area contributed by atoms with Crippen molar-refractivity contribution in [2.75, 3.05) is 0 Å². The molecule has 4 nitrogen and oxygen atoms in total. The molecule has 14 heavy (non-hydrogen) atoms.